The van der Waals surface area contributed by atoms with Crippen LogP contribution < -0.4 is 10.7 Å². The molecule has 1 saturated carbocycles. The molecule has 2 rings (SSSR count). The third-order valence-electron chi connectivity index (χ3n) is 3.71. The average molecular weight is 289 g/mol. The molecule has 0 radical (unpaired) electrons. The van der Waals surface area contributed by atoms with Crippen molar-refractivity contribution in [2.24, 2.45) is 5.10 Å². The third kappa shape index (κ3) is 4.93. The molecule has 0 aliphatic heterocycles. The lowest BCUT2D eigenvalue weighted by Gasteiger charge is -2.23. The maximum Gasteiger partial charge on any atom is 0.187 e. The molecule has 1 aliphatic carbocycles. The van der Waals surface area contributed by atoms with E-state index in [1.807, 2.05) is 0 Å². The largest absolute Gasteiger partial charge is 0.359 e. The van der Waals surface area contributed by atoms with E-state index in [0.29, 0.717) is 11.2 Å². The average Bonchev–Trinajstić information content (AvgIpc) is 2.49. The maximum atomic E-state index is 5.25. The molecule has 0 amide bonds. The van der Waals surface area contributed by atoms with Gasteiger partial charge in [-0.15, -0.1) is 0 Å². The van der Waals surface area contributed by atoms with Crippen LogP contribution in [0.2, 0.25) is 0 Å². The Balaban J connectivity index is 1.75. The molecule has 4 heteroatoms. The summed E-state index contributed by atoms with van der Waals surface area (Å²) in [5, 5.41) is 8.14. The maximum absolute atomic E-state index is 5.25. The Kier molecular flexibility index (Phi) is 5.99. The van der Waals surface area contributed by atoms with Crippen molar-refractivity contribution in [1.82, 2.24) is 10.7 Å². The molecule has 1 aliphatic rings. The lowest BCUT2D eigenvalue weighted by molar-refractivity contribution is 0.412. The summed E-state index contributed by atoms with van der Waals surface area (Å²) in [6.45, 7) is 2.15. The van der Waals surface area contributed by atoms with Crippen molar-refractivity contribution >= 4 is 23.5 Å². The minimum Gasteiger partial charge on any atom is -0.359 e. The number of hydrazone groups is 1. The summed E-state index contributed by atoms with van der Waals surface area (Å²) in [5.41, 5.74) is 5.31. The Bertz CT molecular complexity index is 447. The van der Waals surface area contributed by atoms with E-state index in [-0.39, 0.29) is 0 Å². The van der Waals surface area contributed by atoms with Gasteiger partial charge in [0.25, 0.3) is 0 Å². The molecule has 0 aromatic heterocycles. The Labute approximate surface area is 126 Å². The van der Waals surface area contributed by atoms with E-state index in [9.17, 15) is 0 Å². The van der Waals surface area contributed by atoms with Crippen molar-refractivity contribution in [1.29, 1.82) is 0 Å². The molecular weight excluding hydrogens is 266 g/mol. The molecule has 108 valence electrons. The number of aryl methyl sites for hydroxylation is 1. The number of rotatable bonds is 4. The highest BCUT2D eigenvalue weighted by Gasteiger charge is 2.13. The summed E-state index contributed by atoms with van der Waals surface area (Å²) < 4.78 is 0. The van der Waals surface area contributed by atoms with E-state index in [1.54, 1.807) is 6.21 Å². The molecule has 0 bridgehead atoms. The summed E-state index contributed by atoms with van der Waals surface area (Å²) in [4.78, 5) is 0. The molecule has 0 unspecified atom stereocenters. The third-order valence-corrected chi connectivity index (χ3v) is 3.92. The van der Waals surface area contributed by atoms with Crippen LogP contribution in [0.5, 0.6) is 0 Å². The number of thiocarbonyl (C=S) groups is 1. The highest BCUT2D eigenvalue weighted by atomic mass is 32.1. The van der Waals surface area contributed by atoms with Crippen LogP contribution in [-0.4, -0.2) is 17.4 Å². The number of nitrogens with zero attached hydrogens (tertiary/aromatic N) is 1. The fourth-order valence-electron chi connectivity index (χ4n) is 2.47. The van der Waals surface area contributed by atoms with Gasteiger partial charge in [0, 0.05) is 6.04 Å². The van der Waals surface area contributed by atoms with Gasteiger partial charge in [-0.2, -0.15) is 5.10 Å². The minimum atomic E-state index is 0.516. The summed E-state index contributed by atoms with van der Waals surface area (Å²) in [6.07, 6.45) is 9.23. The number of hydrogen-bond acceptors (Lipinski definition) is 2. The van der Waals surface area contributed by atoms with Gasteiger partial charge < -0.3 is 5.32 Å². The van der Waals surface area contributed by atoms with Gasteiger partial charge in [0.15, 0.2) is 5.11 Å². The summed E-state index contributed by atoms with van der Waals surface area (Å²) in [7, 11) is 0. The second-order valence-corrected chi connectivity index (χ2v) is 5.68. The molecule has 0 saturated heterocycles. The molecule has 0 spiro atoms. The van der Waals surface area contributed by atoms with E-state index < -0.39 is 0 Å². The first-order valence-corrected chi connectivity index (χ1v) is 7.87. The number of hydrogen-bond donors (Lipinski definition) is 2. The Morgan fingerprint density at radius 3 is 2.60 bits per heavy atom. The van der Waals surface area contributed by atoms with Crippen molar-refractivity contribution in [2.45, 2.75) is 51.5 Å². The monoisotopic (exact) mass is 289 g/mol. The zero-order valence-corrected chi connectivity index (χ0v) is 12.9. The number of benzene rings is 1. The highest BCUT2D eigenvalue weighted by molar-refractivity contribution is 7.80. The quantitative estimate of drug-likeness (QED) is 0.507. The van der Waals surface area contributed by atoms with Crippen LogP contribution >= 0.6 is 12.2 Å². The lowest BCUT2D eigenvalue weighted by atomic mass is 9.96. The minimum absolute atomic E-state index is 0.516. The first kappa shape index (κ1) is 15.0. The molecule has 1 aromatic rings. The predicted molar refractivity (Wildman–Crippen MR) is 89.2 cm³/mol. The van der Waals surface area contributed by atoms with Crippen LogP contribution in [0, 0.1) is 0 Å². The van der Waals surface area contributed by atoms with E-state index in [4.69, 9.17) is 12.2 Å². The van der Waals surface area contributed by atoms with E-state index in [1.165, 1.54) is 37.7 Å². The van der Waals surface area contributed by atoms with Crippen molar-refractivity contribution in [2.75, 3.05) is 0 Å². The highest BCUT2D eigenvalue weighted by Crippen LogP contribution is 2.17. The predicted octanol–water partition coefficient (Wildman–Crippen LogP) is 3.38. The Morgan fingerprint density at radius 2 is 1.95 bits per heavy atom. The molecule has 0 atom stereocenters. The van der Waals surface area contributed by atoms with E-state index >= 15 is 0 Å². The summed E-state index contributed by atoms with van der Waals surface area (Å²) in [6, 6.07) is 8.91. The normalized spacial score (nSPS) is 16.2. The molecular formula is C16H23N3S. The summed E-state index contributed by atoms with van der Waals surface area (Å²) in [5.74, 6) is 0. The van der Waals surface area contributed by atoms with Crippen molar-refractivity contribution in [3.8, 4) is 0 Å². The fraction of sp³-hybridized carbons (Fsp3) is 0.500. The van der Waals surface area contributed by atoms with Gasteiger partial charge in [0.05, 0.1) is 6.21 Å². The van der Waals surface area contributed by atoms with Gasteiger partial charge in [0.1, 0.15) is 0 Å². The van der Waals surface area contributed by atoms with Crippen LogP contribution in [0.15, 0.2) is 29.4 Å². The van der Waals surface area contributed by atoms with Crippen LogP contribution in [0.25, 0.3) is 0 Å². The van der Waals surface area contributed by atoms with E-state index in [2.05, 4.69) is 47.0 Å². The zero-order valence-electron chi connectivity index (χ0n) is 12.1. The molecule has 1 fully saturated rings. The SMILES string of the molecule is CCc1ccc(/C=N\NC(=S)NC2CCCCC2)cc1. The van der Waals surface area contributed by atoms with Crippen molar-refractivity contribution in [3.05, 3.63) is 35.4 Å². The first-order valence-electron chi connectivity index (χ1n) is 7.46. The zero-order chi connectivity index (χ0) is 14.2. The molecule has 1 aromatic carbocycles. The Hall–Kier alpha value is -1.42. The van der Waals surface area contributed by atoms with Gasteiger partial charge in [-0.25, -0.2) is 0 Å². The molecule has 20 heavy (non-hydrogen) atoms. The van der Waals surface area contributed by atoms with Crippen LogP contribution in [0.4, 0.5) is 0 Å². The van der Waals surface area contributed by atoms with Gasteiger partial charge >= 0.3 is 0 Å². The van der Waals surface area contributed by atoms with Gasteiger partial charge in [-0.3, -0.25) is 5.43 Å². The first-order chi connectivity index (χ1) is 9.78. The van der Waals surface area contributed by atoms with Crippen LogP contribution in [0.1, 0.15) is 50.2 Å². The second kappa shape index (κ2) is 8.00. The standard InChI is InChI=1S/C16H23N3S/c1-2-13-8-10-14(11-9-13)12-17-19-16(20)18-15-6-4-3-5-7-15/h8-12,15H,2-7H2,1H3,(H2,18,19,20)/b17-12-. The second-order valence-electron chi connectivity index (χ2n) is 5.27. The topological polar surface area (TPSA) is 36.4 Å². The van der Waals surface area contributed by atoms with Crippen LogP contribution in [0.3, 0.4) is 0 Å². The molecule has 2 N–H and O–H groups in total. The molecule has 0 heterocycles. The van der Waals surface area contributed by atoms with Crippen molar-refractivity contribution < 1.29 is 0 Å². The van der Waals surface area contributed by atoms with E-state index in [0.717, 1.165) is 12.0 Å². The summed E-state index contributed by atoms with van der Waals surface area (Å²) >= 11 is 5.25. The van der Waals surface area contributed by atoms with Crippen LogP contribution in [-0.2, 0) is 6.42 Å². The fourth-order valence-corrected chi connectivity index (χ4v) is 2.69. The van der Waals surface area contributed by atoms with Gasteiger partial charge in [-0.1, -0.05) is 50.5 Å². The van der Waals surface area contributed by atoms with Gasteiger partial charge in [0.2, 0.25) is 0 Å². The smallest absolute Gasteiger partial charge is 0.187 e. The van der Waals surface area contributed by atoms with Crippen molar-refractivity contribution in [3.63, 3.8) is 0 Å². The number of nitrogens with one attached hydrogen (secondary N) is 2. The Morgan fingerprint density at radius 1 is 1.25 bits per heavy atom. The van der Waals surface area contributed by atoms with Gasteiger partial charge in [-0.05, 0) is 42.6 Å². The lowest BCUT2D eigenvalue weighted by Crippen LogP contribution is -2.40. The molecule has 3 nitrogen and oxygen atoms in total.